The molecule has 2 rings (SSSR count). The van der Waals surface area contributed by atoms with E-state index in [1.165, 1.54) is 36.8 Å². The zero-order chi connectivity index (χ0) is 10.7. The maximum Gasteiger partial charge on any atom is -0.0162 e. The Labute approximate surface area is 100 Å². The summed E-state index contributed by atoms with van der Waals surface area (Å²) < 4.78 is 0. The van der Waals surface area contributed by atoms with Crippen LogP contribution in [0.3, 0.4) is 0 Å². The second-order valence-electron chi connectivity index (χ2n) is 4.76. The highest BCUT2D eigenvalue weighted by atomic mass is 14.2. The van der Waals surface area contributed by atoms with Gasteiger partial charge in [0.05, 0.1) is 0 Å². The van der Waals surface area contributed by atoms with Crippen LogP contribution in [0, 0.1) is 12.8 Å². The maximum atomic E-state index is 3.89. The number of benzene rings is 1. The summed E-state index contributed by atoms with van der Waals surface area (Å²) >= 11 is 0. The monoisotopic (exact) mass is 216 g/mol. The largest absolute Gasteiger partial charge is 0.103 e. The summed E-state index contributed by atoms with van der Waals surface area (Å²) in [7, 11) is 0. The minimum atomic E-state index is 0. The molecule has 0 saturated heterocycles. The highest BCUT2D eigenvalue weighted by Crippen LogP contribution is 2.35. The van der Waals surface area contributed by atoms with Crippen LogP contribution in [0.15, 0.2) is 36.9 Å². The van der Waals surface area contributed by atoms with Crippen molar-refractivity contribution >= 4 is 0 Å². The zero-order valence-electron chi connectivity index (χ0n) is 9.58. The van der Waals surface area contributed by atoms with Crippen molar-refractivity contribution in [2.75, 3.05) is 0 Å². The van der Waals surface area contributed by atoms with Gasteiger partial charge >= 0.3 is 0 Å². The number of hydrogen-bond donors (Lipinski definition) is 0. The van der Waals surface area contributed by atoms with Gasteiger partial charge in [-0.25, -0.2) is 0 Å². The predicted molar refractivity (Wildman–Crippen MR) is 72.8 cm³/mol. The molecule has 88 valence electrons. The van der Waals surface area contributed by atoms with Gasteiger partial charge in [0.25, 0.3) is 0 Å². The first-order valence-corrected chi connectivity index (χ1v) is 5.98. The van der Waals surface area contributed by atoms with Crippen LogP contribution in [-0.2, 0) is 0 Å². The van der Waals surface area contributed by atoms with Gasteiger partial charge in [-0.05, 0) is 50.0 Å². The topological polar surface area (TPSA) is 0 Å². The van der Waals surface area contributed by atoms with Crippen LogP contribution >= 0.6 is 0 Å². The van der Waals surface area contributed by atoms with Crippen LogP contribution in [0.2, 0.25) is 0 Å². The fourth-order valence-electron chi connectivity index (χ4n) is 2.53. The summed E-state index contributed by atoms with van der Waals surface area (Å²) in [6.45, 7) is 6.04. The molecule has 1 aromatic rings. The Balaban J connectivity index is 0.00000128. The minimum absolute atomic E-state index is 0. The normalized spacial score (nSPS) is 24.6. The Kier molecular flexibility index (Phi) is 4.79. The van der Waals surface area contributed by atoms with Gasteiger partial charge in [0.2, 0.25) is 0 Å². The Morgan fingerprint density at radius 3 is 2.12 bits per heavy atom. The van der Waals surface area contributed by atoms with Crippen molar-refractivity contribution in [3.63, 3.8) is 0 Å². The van der Waals surface area contributed by atoms with Gasteiger partial charge in [-0.1, -0.05) is 43.3 Å². The smallest absolute Gasteiger partial charge is 0.0162 e. The third-order valence-electron chi connectivity index (χ3n) is 3.65. The summed E-state index contributed by atoms with van der Waals surface area (Å²) in [5.74, 6) is 1.56. The predicted octanol–water partition coefficient (Wildman–Crippen LogP) is 5.09. The van der Waals surface area contributed by atoms with Crippen molar-refractivity contribution in [1.29, 1.82) is 0 Å². The van der Waals surface area contributed by atoms with E-state index < -0.39 is 0 Å². The van der Waals surface area contributed by atoms with E-state index in [1.807, 2.05) is 0 Å². The van der Waals surface area contributed by atoms with E-state index in [0.29, 0.717) is 0 Å². The Morgan fingerprint density at radius 1 is 1.06 bits per heavy atom. The first-order chi connectivity index (χ1) is 7.29. The molecule has 0 radical (unpaired) electrons. The highest BCUT2D eigenvalue weighted by molar-refractivity contribution is 5.24. The van der Waals surface area contributed by atoms with E-state index in [4.69, 9.17) is 0 Å². The molecule has 0 amide bonds. The van der Waals surface area contributed by atoms with Crippen LogP contribution in [0.4, 0.5) is 0 Å². The molecule has 16 heavy (non-hydrogen) atoms. The molecule has 1 fully saturated rings. The van der Waals surface area contributed by atoms with Gasteiger partial charge < -0.3 is 0 Å². The number of hydrogen-bond acceptors (Lipinski definition) is 0. The lowest BCUT2D eigenvalue weighted by atomic mass is 9.79. The lowest BCUT2D eigenvalue weighted by Crippen LogP contribution is -2.11. The molecular weight excluding hydrogens is 192 g/mol. The van der Waals surface area contributed by atoms with Crippen molar-refractivity contribution in [3.05, 3.63) is 48.0 Å². The molecule has 0 aromatic heterocycles. The fraction of sp³-hybridized carbons (Fsp3) is 0.500. The molecule has 0 nitrogen and oxygen atoms in total. The van der Waals surface area contributed by atoms with E-state index in [1.54, 1.807) is 0 Å². The van der Waals surface area contributed by atoms with E-state index in [-0.39, 0.29) is 7.43 Å². The average molecular weight is 216 g/mol. The van der Waals surface area contributed by atoms with Crippen LogP contribution in [-0.4, -0.2) is 0 Å². The van der Waals surface area contributed by atoms with E-state index in [9.17, 15) is 0 Å². The van der Waals surface area contributed by atoms with E-state index >= 15 is 0 Å². The van der Waals surface area contributed by atoms with Gasteiger partial charge in [-0.3, -0.25) is 0 Å². The molecule has 0 heterocycles. The third-order valence-corrected chi connectivity index (χ3v) is 3.65. The number of aryl methyl sites for hydroxylation is 1. The number of allylic oxidation sites excluding steroid dienone is 1. The molecular formula is C16H24. The van der Waals surface area contributed by atoms with Gasteiger partial charge in [0.15, 0.2) is 0 Å². The molecule has 0 heteroatoms. The molecule has 0 N–H and O–H groups in total. The molecule has 0 aliphatic heterocycles. The van der Waals surface area contributed by atoms with Crippen LogP contribution in [0.1, 0.15) is 50.2 Å². The van der Waals surface area contributed by atoms with Gasteiger partial charge in [0.1, 0.15) is 0 Å². The minimum Gasteiger partial charge on any atom is -0.103 e. The van der Waals surface area contributed by atoms with E-state index in [0.717, 1.165) is 11.8 Å². The van der Waals surface area contributed by atoms with E-state index in [2.05, 4.69) is 43.8 Å². The summed E-state index contributed by atoms with van der Waals surface area (Å²) in [4.78, 5) is 0. The van der Waals surface area contributed by atoms with Gasteiger partial charge in [-0.15, -0.1) is 6.58 Å². The SMILES string of the molecule is C.C=CC1CCC(c2ccc(C)cc2)CC1. The first kappa shape index (κ1) is 13.0. The molecule has 0 spiro atoms. The first-order valence-electron chi connectivity index (χ1n) is 5.98. The quantitative estimate of drug-likeness (QED) is 0.604. The van der Waals surface area contributed by atoms with Crippen LogP contribution in [0.25, 0.3) is 0 Å². The molecule has 0 atom stereocenters. The van der Waals surface area contributed by atoms with Gasteiger partial charge in [0, 0.05) is 0 Å². The standard InChI is InChI=1S/C15H20.CH4/c1-3-13-6-10-15(11-7-13)14-8-4-12(2)5-9-14;/h3-5,8-9,13,15H,1,6-7,10-11H2,2H3;1H4. The van der Waals surface area contributed by atoms with Crippen LogP contribution in [0.5, 0.6) is 0 Å². The maximum absolute atomic E-state index is 3.89. The van der Waals surface area contributed by atoms with Crippen molar-refractivity contribution in [2.24, 2.45) is 5.92 Å². The molecule has 0 bridgehead atoms. The Bertz CT molecular complexity index is 312. The average Bonchev–Trinajstić information content (AvgIpc) is 2.30. The van der Waals surface area contributed by atoms with Crippen molar-refractivity contribution in [3.8, 4) is 0 Å². The second kappa shape index (κ2) is 5.89. The number of rotatable bonds is 2. The Morgan fingerprint density at radius 2 is 1.62 bits per heavy atom. The van der Waals surface area contributed by atoms with Gasteiger partial charge in [-0.2, -0.15) is 0 Å². The Hall–Kier alpha value is -1.04. The van der Waals surface area contributed by atoms with Crippen molar-refractivity contribution in [2.45, 2.75) is 46.0 Å². The molecule has 1 aromatic carbocycles. The molecule has 1 aliphatic rings. The molecule has 0 unspecified atom stereocenters. The third kappa shape index (κ3) is 2.98. The van der Waals surface area contributed by atoms with Crippen molar-refractivity contribution in [1.82, 2.24) is 0 Å². The molecule has 1 aliphatic carbocycles. The highest BCUT2D eigenvalue weighted by Gasteiger charge is 2.20. The lowest BCUT2D eigenvalue weighted by Gasteiger charge is -2.26. The lowest BCUT2D eigenvalue weighted by molar-refractivity contribution is 0.376. The second-order valence-corrected chi connectivity index (χ2v) is 4.76. The summed E-state index contributed by atoms with van der Waals surface area (Å²) in [5.41, 5.74) is 2.89. The summed E-state index contributed by atoms with van der Waals surface area (Å²) in [5, 5.41) is 0. The summed E-state index contributed by atoms with van der Waals surface area (Å²) in [6, 6.07) is 9.06. The van der Waals surface area contributed by atoms with Crippen molar-refractivity contribution < 1.29 is 0 Å². The summed E-state index contributed by atoms with van der Waals surface area (Å²) in [6.07, 6.45) is 7.44. The van der Waals surface area contributed by atoms with Crippen LogP contribution < -0.4 is 0 Å². The molecule has 1 saturated carbocycles. The zero-order valence-corrected chi connectivity index (χ0v) is 9.58. The fourth-order valence-corrected chi connectivity index (χ4v) is 2.53.